The molecule has 1 unspecified atom stereocenters. The Labute approximate surface area is 182 Å². The maximum absolute atomic E-state index is 13.3. The Balaban J connectivity index is 2.41. The van der Waals surface area contributed by atoms with Crippen LogP contribution in [0.2, 0.25) is 0 Å². The predicted molar refractivity (Wildman–Crippen MR) is 115 cm³/mol. The molecule has 0 bridgehead atoms. The van der Waals surface area contributed by atoms with Crippen molar-refractivity contribution in [2.75, 3.05) is 0 Å². The van der Waals surface area contributed by atoms with Crippen LogP contribution in [0.4, 0.5) is 0 Å². The van der Waals surface area contributed by atoms with Gasteiger partial charge in [-0.3, -0.25) is 14.4 Å². The summed E-state index contributed by atoms with van der Waals surface area (Å²) in [4.78, 5) is 36.9. The number of hydrogen-bond donors (Lipinski definition) is 1. The molecule has 0 fully saturated rings. The van der Waals surface area contributed by atoms with Crippen LogP contribution in [0, 0.1) is 5.92 Å². The van der Waals surface area contributed by atoms with Crippen LogP contribution in [0.15, 0.2) is 6.08 Å². The summed E-state index contributed by atoms with van der Waals surface area (Å²) >= 11 is 0. The monoisotopic (exact) mass is 430 g/mol. The summed E-state index contributed by atoms with van der Waals surface area (Å²) in [5.74, 6) is -1.77. The Hall–Kier alpha value is -2.83. The molecule has 2 aliphatic heterocycles. The van der Waals surface area contributed by atoms with Crippen molar-refractivity contribution in [3.8, 4) is 17.2 Å². The van der Waals surface area contributed by atoms with Gasteiger partial charge in [0.1, 0.15) is 28.8 Å². The van der Waals surface area contributed by atoms with E-state index in [0.29, 0.717) is 23.3 Å². The first-order valence-corrected chi connectivity index (χ1v) is 10.7. The molecule has 0 aromatic heterocycles. The predicted octanol–water partition coefficient (Wildman–Crippen LogP) is 4.75. The highest BCUT2D eigenvalue weighted by Crippen LogP contribution is 2.54. The standard InChI is InChI=1S/C24H30O7/c1-7-8-15(11-17(26)27)18-22-16(9-10-24(5,6)31-22)21(30-14(4)25)19-20(28)12(2)13(3)29-23(18)19/h9-10,12-13,15H,7-8,11H2,1-6H3,(H,26,27)/t12-,13-,15?/m1/s1. The lowest BCUT2D eigenvalue weighted by Crippen LogP contribution is -2.36. The van der Waals surface area contributed by atoms with Gasteiger partial charge in [0, 0.05) is 18.4 Å². The number of carboxylic acid groups (broad SMARTS) is 1. The SMILES string of the molecule is CCCC(CC(=O)O)c1c2c(c(OC(C)=O)c3c1O[C@H](C)[C@@H](C)C3=O)C=CC(C)(C)O2. The highest BCUT2D eigenvalue weighted by atomic mass is 16.5. The number of ether oxygens (including phenoxy) is 3. The molecule has 3 rings (SSSR count). The van der Waals surface area contributed by atoms with Gasteiger partial charge >= 0.3 is 11.9 Å². The van der Waals surface area contributed by atoms with Gasteiger partial charge in [0.15, 0.2) is 11.5 Å². The van der Waals surface area contributed by atoms with Gasteiger partial charge in [-0.15, -0.1) is 0 Å². The molecule has 7 nitrogen and oxygen atoms in total. The van der Waals surface area contributed by atoms with Crippen molar-refractivity contribution in [3.05, 3.63) is 22.8 Å². The lowest BCUT2D eigenvalue weighted by Gasteiger charge is -2.37. The van der Waals surface area contributed by atoms with E-state index < -0.39 is 35.5 Å². The lowest BCUT2D eigenvalue weighted by molar-refractivity contribution is -0.137. The average molecular weight is 430 g/mol. The van der Waals surface area contributed by atoms with Crippen LogP contribution in [0.1, 0.15) is 88.2 Å². The molecule has 31 heavy (non-hydrogen) atoms. The number of hydrogen-bond acceptors (Lipinski definition) is 6. The molecule has 2 aliphatic rings. The molecule has 2 heterocycles. The molecule has 0 saturated carbocycles. The van der Waals surface area contributed by atoms with E-state index in [1.807, 2.05) is 26.8 Å². The third-order valence-corrected chi connectivity index (χ3v) is 5.83. The van der Waals surface area contributed by atoms with Crippen molar-refractivity contribution in [1.29, 1.82) is 0 Å². The van der Waals surface area contributed by atoms with Crippen molar-refractivity contribution in [1.82, 2.24) is 0 Å². The van der Waals surface area contributed by atoms with Gasteiger partial charge in [-0.05, 0) is 39.3 Å². The second-order valence-electron chi connectivity index (χ2n) is 8.88. The second-order valence-corrected chi connectivity index (χ2v) is 8.88. The fraction of sp³-hybridized carbons (Fsp3) is 0.542. The van der Waals surface area contributed by atoms with Crippen LogP contribution >= 0.6 is 0 Å². The zero-order valence-corrected chi connectivity index (χ0v) is 18.9. The topological polar surface area (TPSA) is 99.1 Å². The van der Waals surface area contributed by atoms with Crippen LogP contribution in [0.25, 0.3) is 6.08 Å². The molecular weight excluding hydrogens is 400 g/mol. The minimum Gasteiger partial charge on any atom is -0.489 e. The first-order valence-electron chi connectivity index (χ1n) is 10.7. The highest BCUT2D eigenvalue weighted by Gasteiger charge is 2.42. The van der Waals surface area contributed by atoms with Gasteiger partial charge in [-0.25, -0.2) is 0 Å². The zero-order chi connectivity index (χ0) is 23.1. The summed E-state index contributed by atoms with van der Waals surface area (Å²) in [6.45, 7) is 10.6. The maximum Gasteiger partial charge on any atom is 0.308 e. The molecule has 0 radical (unpaired) electrons. The summed E-state index contributed by atoms with van der Waals surface area (Å²) in [5, 5.41) is 9.57. The minimum atomic E-state index is -0.945. The Kier molecular flexibility index (Phi) is 6.16. The van der Waals surface area contributed by atoms with E-state index >= 15 is 0 Å². The number of rotatable bonds is 6. The molecule has 168 valence electrons. The number of aliphatic carboxylic acids is 1. The van der Waals surface area contributed by atoms with Gasteiger partial charge in [-0.2, -0.15) is 0 Å². The quantitative estimate of drug-likeness (QED) is 0.513. The van der Waals surface area contributed by atoms with Crippen LogP contribution in [-0.4, -0.2) is 34.5 Å². The Morgan fingerprint density at radius 1 is 1.26 bits per heavy atom. The second kappa shape index (κ2) is 8.36. The van der Waals surface area contributed by atoms with Crippen LogP contribution in [-0.2, 0) is 9.59 Å². The van der Waals surface area contributed by atoms with Crippen molar-refractivity contribution < 1.29 is 33.7 Å². The molecule has 3 atom stereocenters. The first kappa shape index (κ1) is 22.8. The Bertz CT molecular complexity index is 957. The number of ketones is 1. The Morgan fingerprint density at radius 2 is 1.94 bits per heavy atom. The van der Waals surface area contributed by atoms with Crippen molar-refractivity contribution in [2.45, 2.75) is 78.4 Å². The van der Waals surface area contributed by atoms with E-state index in [1.165, 1.54) is 6.92 Å². The third-order valence-electron chi connectivity index (χ3n) is 5.83. The van der Waals surface area contributed by atoms with E-state index in [0.717, 1.165) is 6.42 Å². The normalized spacial score (nSPS) is 21.9. The Morgan fingerprint density at radius 3 is 2.52 bits per heavy atom. The van der Waals surface area contributed by atoms with Crippen LogP contribution in [0.3, 0.4) is 0 Å². The molecule has 0 spiro atoms. The van der Waals surface area contributed by atoms with Crippen LogP contribution in [0.5, 0.6) is 17.2 Å². The van der Waals surface area contributed by atoms with E-state index in [1.54, 1.807) is 19.9 Å². The highest BCUT2D eigenvalue weighted by molar-refractivity contribution is 6.07. The molecule has 1 aromatic rings. The number of esters is 1. The van der Waals surface area contributed by atoms with Crippen molar-refractivity contribution in [2.24, 2.45) is 5.92 Å². The summed E-state index contributed by atoms with van der Waals surface area (Å²) in [6.07, 6.45) is 4.38. The van der Waals surface area contributed by atoms with Crippen molar-refractivity contribution in [3.63, 3.8) is 0 Å². The van der Waals surface area contributed by atoms with Crippen LogP contribution < -0.4 is 14.2 Å². The summed E-state index contributed by atoms with van der Waals surface area (Å²) in [5.41, 5.74) is 0.554. The molecular formula is C24H30O7. The summed E-state index contributed by atoms with van der Waals surface area (Å²) in [6, 6.07) is 0. The van der Waals surface area contributed by atoms with Gasteiger partial charge in [0.25, 0.3) is 0 Å². The van der Waals surface area contributed by atoms with Gasteiger partial charge < -0.3 is 19.3 Å². The summed E-state index contributed by atoms with van der Waals surface area (Å²) in [7, 11) is 0. The van der Waals surface area contributed by atoms with Crippen molar-refractivity contribution >= 4 is 23.8 Å². The minimum absolute atomic E-state index is 0.113. The lowest BCUT2D eigenvalue weighted by atomic mass is 9.81. The molecule has 0 saturated heterocycles. The fourth-order valence-corrected chi connectivity index (χ4v) is 4.17. The smallest absolute Gasteiger partial charge is 0.308 e. The van der Waals surface area contributed by atoms with E-state index in [-0.39, 0.29) is 29.3 Å². The van der Waals surface area contributed by atoms with E-state index in [9.17, 15) is 19.5 Å². The third kappa shape index (κ3) is 4.31. The molecule has 1 aromatic carbocycles. The number of fused-ring (bicyclic) bond motifs is 2. The number of carbonyl (C=O) groups is 3. The molecule has 7 heteroatoms. The number of carboxylic acids is 1. The fourth-order valence-electron chi connectivity index (χ4n) is 4.17. The van der Waals surface area contributed by atoms with E-state index in [4.69, 9.17) is 14.2 Å². The largest absolute Gasteiger partial charge is 0.489 e. The number of benzene rings is 1. The number of carbonyl (C=O) groups excluding carboxylic acids is 2. The molecule has 1 N–H and O–H groups in total. The van der Waals surface area contributed by atoms with Gasteiger partial charge in [-0.1, -0.05) is 20.3 Å². The first-order chi connectivity index (χ1) is 14.5. The number of Topliss-reactive ketones (excluding diaryl/α,β-unsaturated/α-hetero) is 1. The molecule has 0 aliphatic carbocycles. The van der Waals surface area contributed by atoms with E-state index in [2.05, 4.69) is 0 Å². The van der Waals surface area contributed by atoms with Gasteiger partial charge in [0.2, 0.25) is 0 Å². The zero-order valence-electron chi connectivity index (χ0n) is 18.9. The molecule has 0 amide bonds. The maximum atomic E-state index is 13.3. The summed E-state index contributed by atoms with van der Waals surface area (Å²) < 4.78 is 18.0. The van der Waals surface area contributed by atoms with Gasteiger partial charge in [0.05, 0.1) is 17.9 Å². The average Bonchev–Trinajstić information content (AvgIpc) is 2.64.